The van der Waals surface area contributed by atoms with E-state index in [2.05, 4.69) is 13.2 Å². The molecule has 0 aromatic heterocycles. The van der Waals surface area contributed by atoms with E-state index < -0.39 is 90.4 Å². The van der Waals surface area contributed by atoms with E-state index in [1.165, 1.54) is 26.8 Å². The maximum Gasteiger partial charge on any atom is 0.305 e. The largest absolute Gasteiger partial charge is 0.458 e. The molecule has 7 fully saturated rings. The smallest absolute Gasteiger partial charge is 0.305 e. The van der Waals surface area contributed by atoms with Crippen molar-refractivity contribution in [1.82, 2.24) is 0 Å². The second kappa shape index (κ2) is 17.0. The monoisotopic (exact) mass is 814 g/mol. The van der Waals surface area contributed by atoms with Crippen LogP contribution in [0.3, 0.4) is 0 Å². The first-order chi connectivity index (χ1) is 26.4. The van der Waals surface area contributed by atoms with Gasteiger partial charge >= 0.3 is 17.9 Å². The predicted octanol–water partition coefficient (Wildman–Crippen LogP) is 3.11. The first-order valence-electron chi connectivity index (χ1n) is 19.0. The Bertz CT molecular complexity index is 1440. The third-order valence-electron chi connectivity index (χ3n) is 9.79. The van der Waals surface area contributed by atoms with Gasteiger partial charge in [0.05, 0.1) is 6.10 Å². The van der Waals surface area contributed by atoms with Gasteiger partial charge in [0.1, 0.15) is 48.8 Å². The lowest BCUT2D eigenvalue weighted by molar-refractivity contribution is -0.273. The summed E-state index contributed by atoms with van der Waals surface area (Å²) in [6, 6.07) is 0. The minimum atomic E-state index is -1.16. The molecule has 18 nitrogen and oxygen atoms in total. The van der Waals surface area contributed by atoms with Crippen molar-refractivity contribution < 1.29 is 85.5 Å². The minimum absolute atomic E-state index is 0.191. The molecule has 5 unspecified atom stereocenters. The number of aldehydes is 1. The number of carbonyl (C=O) groups excluding carboxylic acids is 4. The normalized spacial score (nSPS) is 42.4. The highest BCUT2D eigenvalue weighted by molar-refractivity contribution is 5.68. The van der Waals surface area contributed by atoms with Crippen LogP contribution in [0.1, 0.15) is 83.1 Å². The van der Waals surface area contributed by atoms with Gasteiger partial charge in [-0.2, -0.15) is 0 Å². The van der Waals surface area contributed by atoms with E-state index in [0.29, 0.717) is 0 Å². The summed E-state index contributed by atoms with van der Waals surface area (Å²) in [6.07, 6.45) is -3.28. The molecule has 7 aliphatic rings. The first kappa shape index (κ1) is 45.2. The Labute approximate surface area is 332 Å². The summed E-state index contributed by atoms with van der Waals surface area (Å²) in [5.41, 5.74) is 0. The van der Waals surface area contributed by atoms with Crippen molar-refractivity contribution in [3.63, 3.8) is 0 Å². The summed E-state index contributed by atoms with van der Waals surface area (Å²) in [4.78, 5) is 44.8. The average molecular weight is 815 g/mol. The minimum Gasteiger partial charge on any atom is -0.458 e. The Morgan fingerprint density at radius 2 is 0.860 bits per heavy atom. The second-order valence-electron chi connectivity index (χ2n) is 16.5. The predicted molar refractivity (Wildman–Crippen MR) is 192 cm³/mol. The van der Waals surface area contributed by atoms with Crippen LogP contribution in [0, 0.1) is 5.92 Å². The number of fused-ring (bicyclic) bond motifs is 6. The van der Waals surface area contributed by atoms with Crippen molar-refractivity contribution >= 4 is 24.2 Å². The van der Waals surface area contributed by atoms with E-state index >= 15 is 0 Å². The highest BCUT2D eigenvalue weighted by atomic mass is 16.9. The maximum atomic E-state index is 11.3. The Morgan fingerprint density at radius 1 is 0.491 bits per heavy atom. The van der Waals surface area contributed by atoms with Gasteiger partial charge in [-0.05, 0) is 55.4 Å². The highest BCUT2D eigenvalue weighted by Crippen LogP contribution is 2.45. The Kier molecular flexibility index (Phi) is 13.5. The molecule has 0 radical (unpaired) electrons. The summed E-state index contributed by atoms with van der Waals surface area (Å²) in [5.74, 6) is -4.83. The molecule has 57 heavy (non-hydrogen) atoms. The molecule has 0 bridgehead atoms. The van der Waals surface area contributed by atoms with E-state index in [1.807, 2.05) is 41.5 Å². The molecule has 322 valence electrons. The van der Waals surface area contributed by atoms with Crippen LogP contribution < -0.4 is 0 Å². The van der Waals surface area contributed by atoms with E-state index in [-0.39, 0.29) is 42.5 Å². The lowest BCUT2D eigenvalue weighted by Crippen LogP contribution is -2.57. The molecule has 0 amide bonds. The number of esters is 3. The highest BCUT2D eigenvalue weighted by Gasteiger charge is 2.62. The fraction of sp³-hybridized carbons (Fsp3) is 0.795. The second-order valence-corrected chi connectivity index (χ2v) is 16.5. The number of hydrogen-bond acceptors (Lipinski definition) is 18. The molecular formula is C39H58O18. The van der Waals surface area contributed by atoms with E-state index in [4.69, 9.17) is 66.3 Å². The van der Waals surface area contributed by atoms with Gasteiger partial charge in [-0.15, -0.1) is 13.2 Å². The van der Waals surface area contributed by atoms with Gasteiger partial charge in [-0.25, -0.2) is 0 Å². The third-order valence-corrected chi connectivity index (χ3v) is 9.79. The summed E-state index contributed by atoms with van der Waals surface area (Å²) in [7, 11) is 0. The fourth-order valence-electron chi connectivity index (χ4n) is 7.79. The molecule has 0 N–H and O–H groups in total. The van der Waals surface area contributed by atoms with Crippen molar-refractivity contribution in [1.29, 1.82) is 0 Å². The zero-order valence-corrected chi connectivity index (χ0v) is 34.7. The van der Waals surface area contributed by atoms with Crippen LogP contribution in [-0.2, 0) is 85.5 Å². The molecule has 0 spiro atoms. The fourth-order valence-corrected chi connectivity index (χ4v) is 7.79. The van der Waals surface area contributed by atoms with Crippen molar-refractivity contribution in [2.45, 2.75) is 192 Å². The Balaban J connectivity index is 0.000000164. The van der Waals surface area contributed by atoms with Crippen molar-refractivity contribution in [3.8, 4) is 0 Å². The quantitative estimate of drug-likeness (QED) is 0.164. The van der Waals surface area contributed by atoms with Crippen LogP contribution in [0.25, 0.3) is 0 Å². The van der Waals surface area contributed by atoms with Crippen LogP contribution in [0.4, 0.5) is 0 Å². The molecule has 0 saturated carbocycles. The molecule has 7 heterocycles. The number of carbonyl (C=O) groups is 4. The van der Waals surface area contributed by atoms with Gasteiger partial charge in [0.15, 0.2) is 48.1 Å². The van der Waals surface area contributed by atoms with Gasteiger partial charge in [0.2, 0.25) is 12.4 Å². The first-order valence-corrected chi connectivity index (χ1v) is 19.0. The molecule has 18 heteroatoms. The van der Waals surface area contributed by atoms with E-state index in [0.717, 1.165) is 6.29 Å². The Morgan fingerprint density at radius 3 is 1.28 bits per heavy atom. The summed E-state index contributed by atoms with van der Waals surface area (Å²) in [6.45, 7) is 27.6. The van der Waals surface area contributed by atoms with Gasteiger partial charge in [-0.1, -0.05) is 19.1 Å². The molecular weight excluding hydrogens is 756 g/mol. The molecule has 0 aromatic carbocycles. The average Bonchev–Trinajstić information content (AvgIpc) is 3.79. The summed E-state index contributed by atoms with van der Waals surface area (Å²) < 4.78 is 78.7. The molecule has 0 aromatic rings. The lowest BCUT2D eigenvalue weighted by atomic mass is 9.90. The number of ether oxygens (including phenoxy) is 14. The topological polar surface area (TPSA) is 197 Å². The van der Waals surface area contributed by atoms with E-state index in [1.54, 1.807) is 26.8 Å². The Hall–Kier alpha value is -2.88. The molecule has 7 saturated heterocycles. The third kappa shape index (κ3) is 10.5. The van der Waals surface area contributed by atoms with Crippen LogP contribution >= 0.6 is 0 Å². The van der Waals surface area contributed by atoms with Gasteiger partial charge in [0, 0.05) is 26.7 Å². The summed E-state index contributed by atoms with van der Waals surface area (Å²) >= 11 is 0. The zero-order chi connectivity index (χ0) is 42.4. The van der Waals surface area contributed by atoms with Crippen LogP contribution in [-0.4, -0.2) is 133 Å². The van der Waals surface area contributed by atoms with Gasteiger partial charge in [0.25, 0.3) is 0 Å². The van der Waals surface area contributed by atoms with Crippen LogP contribution in [0.2, 0.25) is 0 Å². The van der Waals surface area contributed by atoms with Gasteiger partial charge in [-0.3, -0.25) is 14.4 Å². The molecule has 7 rings (SSSR count). The lowest BCUT2D eigenvalue weighted by Gasteiger charge is -2.42. The maximum absolute atomic E-state index is 11.3. The molecule has 7 aliphatic heterocycles. The van der Waals surface area contributed by atoms with Crippen molar-refractivity contribution in [3.05, 3.63) is 25.3 Å². The van der Waals surface area contributed by atoms with Crippen molar-refractivity contribution in [2.75, 3.05) is 0 Å². The van der Waals surface area contributed by atoms with Crippen molar-refractivity contribution in [2.24, 2.45) is 5.92 Å². The number of rotatable bonds is 6. The van der Waals surface area contributed by atoms with Gasteiger partial charge < -0.3 is 71.1 Å². The molecule has 0 aliphatic carbocycles. The van der Waals surface area contributed by atoms with Crippen LogP contribution in [0.5, 0.6) is 0 Å². The summed E-state index contributed by atoms with van der Waals surface area (Å²) in [5, 5.41) is 0. The van der Waals surface area contributed by atoms with E-state index in [9.17, 15) is 19.2 Å². The molecule has 15 atom stereocenters. The van der Waals surface area contributed by atoms with Crippen LogP contribution in [0.15, 0.2) is 25.3 Å². The SMILES string of the molecule is C=C[C@@H]1OC(OC(C)=O)[C@@H](OC(C)=O)[C@H](OC(C)=O)[C@@H]1C.C=C[C@@H]1OC2OC(C)(C)O[C@H]2C2OC(C)(C)O[C@@H]21.CC1(C)OC2O[C@@H](C=O)[C@H]3OC(C)(C)OC3[C@@H]2O1. The zero-order valence-electron chi connectivity index (χ0n) is 34.7. The standard InChI is InChI=1S/C14H20O7.C13H20O5.C12H18O6/c1-6-11-7(2)12(18-8(3)15)13(19-9(4)16)14(21-11)20-10(5)17;1-6-7-8-9(16-12(2,3)15-8)10-11(14-7)18-13(4,5)17-10;1-11(2)15-7-6(5-13)14-10-9(8(7)16-11)17-12(3,4)18-10/h6-7,11-14H,1H2,2-5H3;6-11H,1H2,2-5H3;5-10H,1-4H3/t7-,11+,12-,13+,14?;7-,8+,9?,10-,11?;6-,7+,8?,9-,10?/m100/s1. The number of hydrogen-bond donors (Lipinski definition) is 0.